The molecule has 5 nitrogen and oxygen atoms in total. The van der Waals surface area contributed by atoms with Crippen LogP contribution in [0.15, 0.2) is 61.1 Å². The maximum absolute atomic E-state index is 4.86. The first kappa shape index (κ1) is 18.8. The molecule has 0 spiro atoms. The van der Waals surface area contributed by atoms with Gasteiger partial charge in [-0.1, -0.05) is 25.1 Å². The van der Waals surface area contributed by atoms with Crippen LogP contribution >= 0.6 is 0 Å². The van der Waals surface area contributed by atoms with Crippen molar-refractivity contribution in [2.45, 2.75) is 26.3 Å². The smallest absolute Gasteiger partial charge is 0.0988 e. The molecule has 1 N–H and O–H groups in total. The van der Waals surface area contributed by atoms with Gasteiger partial charge in [0.1, 0.15) is 0 Å². The van der Waals surface area contributed by atoms with Crippen LogP contribution in [0.5, 0.6) is 0 Å². The summed E-state index contributed by atoms with van der Waals surface area (Å²) in [5.74, 6) is 0.829. The van der Waals surface area contributed by atoms with Gasteiger partial charge in [-0.05, 0) is 49.6 Å². The molecule has 5 heteroatoms. The number of piperidine rings is 1. The Morgan fingerprint density at radius 1 is 1.14 bits per heavy atom. The third-order valence-corrected chi connectivity index (χ3v) is 5.41. The van der Waals surface area contributed by atoms with Crippen molar-refractivity contribution < 1.29 is 0 Å². The molecule has 4 rings (SSSR count). The van der Waals surface area contributed by atoms with Gasteiger partial charge in [-0.25, -0.2) is 4.68 Å². The molecule has 28 heavy (non-hydrogen) atoms. The van der Waals surface area contributed by atoms with Gasteiger partial charge in [0, 0.05) is 55.9 Å². The Hall–Kier alpha value is -2.50. The zero-order valence-electron chi connectivity index (χ0n) is 16.6. The summed E-state index contributed by atoms with van der Waals surface area (Å²) in [6.45, 7) is 7.74. The van der Waals surface area contributed by atoms with Crippen LogP contribution in [-0.2, 0) is 6.54 Å². The molecule has 146 valence electrons. The Morgan fingerprint density at radius 2 is 2.04 bits per heavy atom. The van der Waals surface area contributed by atoms with E-state index < -0.39 is 0 Å². The van der Waals surface area contributed by atoms with Crippen molar-refractivity contribution in [2.24, 2.45) is 5.92 Å². The predicted molar refractivity (Wildman–Crippen MR) is 113 cm³/mol. The molecule has 1 atom stereocenters. The number of pyridine rings is 1. The van der Waals surface area contributed by atoms with Gasteiger partial charge in [-0.15, -0.1) is 0 Å². The van der Waals surface area contributed by atoms with Crippen LogP contribution in [0.25, 0.3) is 16.9 Å². The second-order valence-electron chi connectivity index (χ2n) is 7.75. The predicted octanol–water partition coefficient (Wildman–Crippen LogP) is 3.76. The van der Waals surface area contributed by atoms with E-state index in [9.17, 15) is 0 Å². The van der Waals surface area contributed by atoms with Gasteiger partial charge in [-0.3, -0.25) is 4.98 Å². The molecule has 1 aromatic carbocycles. The number of para-hydroxylation sites is 1. The topological polar surface area (TPSA) is 46.0 Å². The number of hydrogen-bond donors (Lipinski definition) is 1. The number of nitrogens with one attached hydrogen (secondary N) is 1. The van der Waals surface area contributed by atoms with E-state index in [1.54, 1.807) is 6.20 Å². The summed E-state index contributed by atoms with van der Waals surface area (Å²) in [7, 11) is 0. The van der Waals surface area contributed by atoms with Crippen molar-refractivity contribution in [2.75, 3.05) is 26.2 Å². The highest BCUT2D eigenvalue weighted by atomic mass is 15.3. The van der Waals surface area contributed by atoms with Crippen LogP contribution in [-0.4, -0.2) is 45.8 Å². The van der Waals surface area contributed by atoms with Gasteiger partial charge < -0.3 is 10.2 Å². The number of benzene rings is 1. The van der Waals surface area contributed by atoms with Crippen molar-refractivity contribution in [3.63, 3.8) is 0 Å². The number of hydrogen-bond acceptors (Lipinski definition) is 4. The first-order chi connectivity index (χ1) is 13.8. The highest BCUT2D eigenvalue weighted by molar-refractivity contribution is 5.62. The van der Waals surface area contributed by atoms with Crippen LogP contribution in [0.3, 0.4) is 0 Å². The lowest BCUT2D eigenvalue weighted by atomic mass is 10.0. The van der Waals surface area contributed by atoms with E-state index in [1.165, 1.54) is 31.5 Å². The Labute approximate surface area is 167 Å². The molecular weight excluding hydrogens is 346 g/mol. The molecule has 0 aliphatic carbocycles. The van der Waals surface area contributed by atoms with Crippen LogP contribution in [0.2, 0.25) is 0 Å². The van der Waals surface area contributed by atoms with E-state index in [-0.39, 0.29) is 0 Å². The second kappa shape index (κ2) is 9.13. The average molecular weight is 376 g/mol. The molecule has 0 amide bonds. The fraction of sp³-hybridized carbons (Fsp3) is 0.391. The third kappa shape index (κ3) is 4.66. The van der Waals surface area contributed by atoms with Crippen LogP contribution in [0.4, 0.5) is 0 Å². The van der Waals surface area contributed by atoms with Gasteiger partial charge in [0.25, 0.3) is 0 Å². The van der Waals surface area contributed by atoms with Crippen molar-refractivity contribution >= 4 is 0 Å². The Balaban J connectivity index is 1.45. The zero-order chi connectivity index (χ0) is 19.2. The summed E-state index contributed by atoms with van der Waals surface area (Å²) in [6, 6.07) is 14.3. The number of likely N-dealkylation sites (tertiary alicyclic amines) is 1. The SMILES string of the molecule is CC1CCCN(CCNCc2cn(-c3ccccc3)nc2-c2cccnc2)C1. The number of nitrogens with zero attached hydrogens (tertiary/aromatic N) is 4. The maximum atomic E-state index is 4.86. The molecule has 3 aromatic rings. The molecule has 2 aromatic heterocycles. The lowest BCUT2D eigenvalue weighted by molar-refractivity contribution is 0.184. The molecule has 1 saturated heterocycles. The van der Waals surface area contributed by atoms with E-state index in [0.29, 0.717) is 0 Å². The van der Waals surface area contributed by atoms with Crippen LogP contribution in [0.1, 0.15) is 25.3 Å². The second-order valence-corrected chi connectivity index (χ2v) is 7.75. The largest absolute Gasteiger partial charge is 0.311 e. The zero-order valence-corrected chi connectivity index (χ0v) is 16.6. The van der Waals surface area contributed by atoms with Crippen LogP contribution in [0, 0.1) is 5.92 Å². The van der Waals surface area contributed by atoms with E-state index in [2.05, 4.69) is 46.5 Å². The number of rotatable bonds is 7. The summed E-state index contributed by atoms with van der Waals surface area (Å²) in [4.78, 5) is 6.85. The average Bonchev–Trinajstić information content (AvgIpc) is 3.17. The van der Waals surface area contributed by atoms with Crippen molar-refractivity contribution in [3.8, 4) is 16.9 Å². The Bertz CT molecular complexity index is 859. The monoisotopic (exact) mass is 375 g/mol. The molecule has 0 radical (unpaired) electrons. The first-order valence-electron chi connectivity index (χ1n) is 10.3. The fourth-order valence-electron chi connectivity index (χ4n) is 3.95. The van der Waals surface area contributed by atoms with Gasteiger partial charge >= 0.3 is 0 Å². The molecule has 3 heterocycles. The molecule has 0 saturated carbocycles. The Morgan fingerprint density at radius 3 is 2.82 bits per heavy atom. The summed E-state index contributed by atoms with van der Waals surface area (Å²) in [5, 5.41) is 8.48. The summed E-state index contributed by atoms with van der Waals surface area (Å²) < 4.78 is 1.96. The van der Waals surface area contributed by atoms with E-state index in [0.717, 1.165) is 42.5 Å². The molecule has 1 unspecified atom stereocenters. The highest BCUT2D eigenvalue weighted by Gasteiger charge is 2.16. The third-order valence-electron chi connectivity index (χ3n) is 5.41. The lowest BCUT2D eigenvalue weighted by Crippen LogP contribution is -2.38. The normalized spacial score (nSPS) is 17.7. The Kier molecular flexibility index (Phi) is 6.14. The van der Waals surface area contributed by atoms with E-state index >= 15 is 0 Å². The molecule has 0 bridgehead atoms. The maximum Gasteiger partial charge on any atom is 0.0988 e. The molecule has 1 fully saturated rings. The summed E-state index contributed by atoms with van der Waals surface area (Å²) in [6.07, 6.45) is 8.52. The van der Waals surface area contributed by atoms with Crippen molar-refractivity contribution in [1.29, 1.82) is 0 Å². The highest BCUT2D eigenvalue weighted by Crippen LogP contribution is 2.23. The van der Waals surface area contributed by atoms with Crippen LogP contribution < -0.4 is 5.32 Å². The molecular formula is C23H29N5. The van der Waals surface area contributed by atoms with E-state index in [1.807, 2.05) is 35.1 Å². The van der Waals surface area contributed by atoms with E-state index in [4.69, 9.17) is 5.10 Å². The minimum Gasteiger partial charge on any atom is -0.311 e. The minimum absolute atomic E-state index is 0.806. The first-order valence-corrected chi connectivity index (χ1v) is 10.3. The van der Waals surface area contributed by atoms with Gasteiger partial charge in [0.2, 0.25) is 0 Å². The quantitative estimate of drug-likeness (QED) is 0.639. The standard InChI is InChI=1S/C23H29N5/c1-19-7-6-13-27(17-19)14-12-25-16-21-18-28(22-9-3-2-4-10-22)26-23(21)20-8-5-11-24-15-20/h2-5,8-11,15,18-19,25H,6-7,12-14,16-17H2,1H3. The summed E-state index contributed by atoms with van der Waals surface area (Å²) in [5.41, 5.74) is 4.32. The fourth-order valence-corrected chi connectivity index (χ4v) is 3.95. The molecule has 1 aliphatic rings. The lowest BCUT2D eigenvalue weighted by Gasteiger charge is -2.30. The molecule has 1 aliphatic heterocycles. The van der Waals surface area contributed by atoms with Gasteiger partial charge in [0.05, 0.1) is 11.4 Å². The minimum atomic E-state index is 0.806. The summed E-state index contributed by atoms with van der Waals surface area (Å²) >= 11 is 0. The van der Waals surface area contributed by atoms with Gasteiger partial charge in [0.15, 0.2) is 0 Å². The van der Waals surface area contributed by atoms with Crippen molar-refractivity contribution in [3.05, 3.63) is 66.6 Å². The number of aromatic nitrogens is 3. The van der Waals surface area contributed by atoms with Crippen molar-refractivity contribution in [1.82, 2.24) is 25.0 Å². The van der Waals surface area contributed by atoms with Gasteiger partial charge in [-0.2, -0.15) is 5.10 Å².